The first-order valence-corrected chi connectivity index (χ1v) is 6.05. The second-order valence-electron chi connectivity index (χ2n) is 2.92. The Morgan fingerprint density at radius 2 is 2.15 bits per heavy atom. The van der Waals surface area contributed by atoms with Gasteiger partial charge in [-0.15, -0.1) is 0 Å². The molecule has 1 unspecified atom stereocenters. The van der Waals surface area contributed by atoms with Crippen LogP contribution in [-0.4, -0.2) is 35.2 Å². The van der Waals surface area contributed by atoms with Crippen LogP contribution >= 0.6 is 0 Å². The lowest BCUT2D eigenvalue weighted by atomic mass is 10.3. The van der Waals surface area contributed by atoms with Gasteiger partial charge in [0.1, 0.15) is 5.78 Å². The van der Waals surface area contributed by atoms with Crippen molar-refractivity contribution in [2.75, 3.05) is 25.2 Å². The van der Waals surface area contributed by atoms with E-state index in [9.17, 15) is 9.00 Å². The zero-order chi connectivity index (χ0) is 10.1. The Bertz CT molecular complexity index is 168. The van der Waals surface area contributed by atoms with Crippen molar-refractivity contribution >= 4 is 16.6 Å². The molecule has 0 bridgehead atoms. The van der Waals surface area contributed by atoms with Crippen LogP contribution in [0.2, 0.25) is 0 Å². The van der Waals surface area contributed by atoms with Crippen LogP contribution in [0.15, 0.2) is 0 Å². The number of carbonyl (C=O) groups is 1. The highest BCUT2D eigenvalue weighted by Crippen LogP contribution is 1.94. The van der Waals surface area contributed by atoms with Gasteiger partial charge in [0.05, 0.1) is 5.75 Å². The quantitative estimate of drug-likeness (QED) is 0.559. The van der Waals surface area contributed by atoms with Crippen LogP contribution in [-0.2, 0) is 20.3 Å². The Kier molecular flexibility index (Phi) is 8.24. The fourth-order valence-electron chi connectivity index (χ4n) is 0.967. The molecule has 0 fully saturated rings. The summed E-state index contributed by atoms with van der Waals surface area (Å²) in [5.41, 5.74) is 0. The minimum atomic E-state index is -0.983. The maximum atomic E-state index is 11.2. The normalized spacial score (nSPS) is 12.8. The second kappa shape index (κ2) is 8.38. The second-order valence-corrected chi connectivity index (χ2v) is 4.50. The third-order valence-corrected chi connectivity index (χ3v) is 2.96. The maximum absolute atomic E-state index is 11.2. The molecule has 4 heteroatoms. The van der Waals surface area contributed by atoms with Gasteiger partial charge in [0.15, 0.2) is 0 Å². The van der Waals surface area contributed by atoms with Gasteiger partial charge in [0.25, 0.3) is 0 Å². The zero-order valence-corrected chi connectivity index (χ0v) is 9.19. The Morgan fingerprint density at radius 3 is 2.69 bits per heavy atom. The van der Waals surface area contributed by atoms with E-state index in [0.29, 0.717) is 18.8 Å². The molecule has 0 aliphatic rings. The van der Waals surface area contributed by atoms with Crippen molar-refractivity contribution < 1.29 is 13.7 Å². The van der Waals surface area contributed by atoms with Crippen molar-refractivity contribution in [3.05, 3.63) is 0 Å². The fraction of sp³-hybridized carbons (Fsp3) is 0.889. The highest BCUT2D eigenvalue weighted by molar-refractivity contribution is 7.85. The Labute approximate surface area is 82.3 Å². The van der Waals surface area contributed by atoms with E-state index in [2.05, 4.69) is 0 Å². The molecule has 0 aromatic carbocycles. The third kappa shape index (κ3) is 8.12. The van der Waals surface area contributed by atoms with Crippen molar-refractivity contribution in [1.29, 1.82) is 0 Å². The largest absolute Gasteiger partial charge is 0.385 e. The van der Waals surface area contributed by atoms with Gasteiger partial charge in [0.2, 0.25) is 0 Å². The topological polar surface area (TPSA) is 43.4 Å². The molecule has 0 N–H and O–H groups in total. The van der Waals surface area contributed by atoms with Gasteiger partial charge in [-0.2, -0.15) is 0 Å². The first-order chi connectivity index (χ1) is 6.20. The van der Waals surface area contributed by atoms with E-state index in [1.807, 2.05) is 6.92 Å². The van der Waals surface area contributed by atoms with Gasteiger partial charge in [-0.3, -0.25) is 9.00 Å². The van der Waals surface area contributed by atoms with Crippen molar-refractivity contribution in [1.82, 2.24) is 0 Å². The van der Waals surface area contributed by atoms with Crippen molar-refractivity contribution in [2.45, 2.75) is 26.2 Å². The molecule has 78 valence electrons. The smallest absolute Gasteiger partial charge is 0.145 e. The first kappa shape index (κ1) is 12.8. The standard InChI is InChI=1S/C9H18O3S/c1-3-5-9(10)8-13(11)7-4-6-12-2/h3-8H2,1-2H3. The van der Waals surface area contributed by atoms with Crippen LogP contribution in [0.5, 0.6) is 0 Å². The number of carbonyl (C=O) groups excluding carboxylic acids is 1. The van der Waals surface area contributed by atoms with E-state index in [4.69, 9.17) is 4.74 Å². The molecule has 0 saturated heterocycles. The molecular weight excluding hydrogens is 188 g/mol. The summed E-state index contributed by atoms with van der Waals surface area (Å²) in [6.07, 6.45) is 2.16. The summed E-state index contributed by atoms with van der Waals surface area (Å²) in [6.45, 7) is 2.57. The summed E-state index contributed by atoms with van der Waals surface area (Å²) < 4.78 is 16.1. The number of methoxy groups -OCH3 is 1. The Morgan fingerprint density at radius 1 is 1.46 bits per heavy atom. The monoisotopic (exact) mass is 206 g/mol. The predicted octanol–water partition coefficient (Wildman–Crippen LogP) is 1.14. The van der Waals surface area contributed by atoms with Gasteiger partial charge < -0.3 is 4.74 Å². The molecular formula is C9H18O3S. The molecule has 0 spiro atoms. The summed E-state index contributed by atoms with van der Waals surface area (Å²) in [7, 11) is 0.634. The average molecular weight is 206 g/mol. The highest BCUT2D eigenvalue weighted by Gasteiger charge is 2.06. The number of rotatable bonds is 8. The minimum Gasteiger partial charge on any atom is -0.385 e. The number of Topliss-reactive ketones (excluding diaryl/α,β-unsaturated/α-hetero) is 1. The molecule has 0 amide bonds. The van der Waals surface area contributed by atoms with E-state index in [-0.39, 0.29) is 11.5 Å². The van der Waals surface area contributed by atoms with Gasteiger partial charge >= 0.3 is 0 Å². The van der Waals surface area contributed by atoms with Gasteiger partial charge in [-0.25, -0.2) is 0 Å². The molecule has 0 radical (unpaired) electrons. The number of ketones is 1. The lowest BCUT2D eigenvalue weighted by Gasteiger charge is -2.00. The lowest BCUT2D eigenvalue weighted by Crippen LogP contribution is -2.13. The highest BCUT2D eigenvalue weighted by atomic mass is 32.2. The van der Waals surface area contributed by atoms with Crippen LogP contribution in [0.1, 0.15) is 26.2 Å². The maximum Gasteiger partial charge on any atom is 0.145 e. The summed E-state index contributed by atoms with van der Waals surface area (Å²) >= 11 is 0. The summed E-state index contributed by atoms with van der Waals surface area (Å²) in [4.78, 5) is 11.1. The molecule has 13 heavy (non-hydrogen) atoms. The summed E-state index contributed by atoms with van der Waals surface area (Å²) in [5.74, 6) is 0.902. The molecule has 0 aliphatic carbocycles. The van der Waals surface area contributed by atoms with Gasteiger partial charge in [0, 0.05) is 36.7 Å². The number of ether oxygens (including phenoxy) is 1. The van der Waals surface area contributed by atoms with E-state index >= 15 is 0 Å². The van der Waals surface area contributed by atoms with Gasteiger partial charge in [-0.05, 0) is 12.8 Å². The molecule has 0 aliphatic heterocycles. The van der Waals surface area contributed by atoms with Crippen molar-refractivity contribution in [3.63, 3.8) is 0 Å². The average Bonchev–Trinajstić information content (AvgIpc) is 2.05. The molecule has 3 nitrogen and oxygen atoms in total. The third-order valence-electron chi connectivity index (χ3n) is 1.57. The first-order valence-electron chi connectivity index (χ1n) is 4.56. The predicted molar refractivity (Wildman–Crippen MR) is 54.3 cm³/mol. The van der Waals surface area contributed by atoms with Crippen LogP contribution in [0.3, 0.4) is 0 Å². The van der Waals surface area contributed by atoms with E-state index in [0.717, 1.165) is 12.8 Å². The Hall–Kier alpha value is -0.220. The van der Waals surface area contributed by atoms with Crippen molar-refractivity contribution in [2.24, 2.45) is 0 Å². The zero-order valence-electron chi connectivity index (χ0n) is 8.38. The number of hydrogen-bond donors (Lipinski definition) is 0. The summed E-state index contributed by atoms with van der Waals surface area (Å²) in [5, 5.41) is 0. The summed E-state index contributed by atoms with van der Waals surface area (Å²) in [6, 6.07) is 0. The van der Waals surface area contributed by atoms with E-state index in [1.54, 1.807) is 7.11 Å². The molecule has 0 aromatic heterocycles. The van der Waals surface area contributed by atoms with E-state index in [1.165, 1.54) is 0 Å². The molecule has 0 heterocycles. The number of hydrogen-bond acceptors (Lipinski definition) is 3. The van der Waals surface area contributed by atoms with Gasteiger partial charge in [-0.1, -0.05) is 6.92 Å². The minimum absolute atomic E-state index is 0.109. The van der Waals surface area contributed by atoms with E-state index < -0.39 is 10.8 Å². The lowest BCUT2D eigenvalue weighted by molar-refractivity contribution is -0.116. The van der Waals surface area contributed by atoms with Crippen LogP contribution in [0.4, 0.5) is 0 Å². The van der Waals surface area contributed by atoms with Crippen LogP contribution in [0.25, 0.3) is 0 Å². The SMILES string of the molecule is CCCC(=O)CS(=O)CCCOC. The van der Waals surface area contributed by atoms with Crippen LogP contribution < -0.4 is 0 Å². The fourth-order valence-corrected chi connectivity index (χ4v) is 2.05. The van der Waals surface area contributed by atoms with Crippen LogP contribution in [0, 0.1) is 0 Å². The molecule has 1 atom stereocenters. The molecule has 0 rings (SSSR count). The molecule has 0 saturated carbocycles. The van der Waals surface area contributed by atoms with Crippen molar-refractivity contribution in [3.8, 4) is 0 Å². The molecule has 0 aromatic rings. The Balaban J connectivity index is 3.44.